The van der Waals surface area contributed by atoms with Crippen LogP contribution in [0.2, 0.25) is 0 Å². The molecule has 0 aromatic carbocycles. The summed E-state index contributed by atoms with van der Waals surface area (Å²) in [5.41, 5.74) is -0.545. The number of allylic oxidation sites excluding steroid dienone is 2. The van der Waals surface area contributed by atoms with Gasteiger partial charge in [-0.05, 0) is 25.7 Å². The Morgan fingerprint density at radius 1 is 1.38 bits per heavy atom. The monoisotopic (exact) mass is 222 g/mol. The van der Waals surface area contributed by atoms with Gasteiger partial charge in [0.25, 0.3) is 0 Å². The van der Waals surface area contributed by atoms with Crippen molar-refractivity contribution in [3.63, 3.8) is 0 Å². The summed E-state index contributed by atoms with van der Waals surface area (Å²) >= 11 is 0. The van der Waals surface area contributed by atoms with Gasteiger partial charge < -0.3 is 9.84 Å². The van der Waals surface area contributed by atoms with E-state index in [2.05, 4.69) is 0 Å². The molecular weight excluding hydrogens is 208 g/mol. The van der Waals surface area contributed by atoms with E-state index in [1.54, 1.807) is 0 Å². The van der Waals surface area contributed by atoms with Crippen LogP contribution in [-0.4, -0.2) is 22.6 Å². The first-order valence-electron chi connectivity index (χ1n) is 5.57. The summed E-state index contributed by atoms with van der Waals surface area (Å²) in [5, 5.41) is 9.23. The average molecular weight is 222 g/mol. The number of carbonyl (C=O) groups is 2. The summed E-state index contributed by atoms with van der Waals surface area (Å²) in [6, 6.07) is 0. The fraction of sp³-hybridized carbons (Fsp3) is 0.667. The molecule has 3 aliphatic rings. The number of cyclic esters (lactones) is 1. The van der Waals surface area contributed by atoms with E-state index >= 15 is 0 Å². The Balaban J connectivity index is 2.10. The molecule has 3 rings (SSSR count). The highest BCUT2D eigenvalue weighted by Crippen LogP contribution is 2.60. The van der Waals surface area contributed by atoms with Crippen LogP contribution in [0.1, 0.15) is 13.8 Å². The summed E-state index contributed by atoms with van der Waals surface area (Å²) in [6.45, 7) is 3.76. The van der Waals surface area contributed by atoms with Gasteiger partial charge in [0.15, 0.2) is 0 Å². The Morgan fingerprint density at radius 2 is 2.00 bits per heavy atom. The van der Waals surface area contributed by atoms with Gasteiger partial charge in [-0.15, -0.1) is 0 Å². The molecule has 1 aliphatic heterocycles. The molecule has 0 aromatic heterocycles. The van der Waals surface area contributed by atoms with Gasteiger partial charge in [0.1, 0.15) is 5.60 Å². The van der Waals surface area contributed by atoms with Crippen molar-refractivity contribution in [1.29, 1.82) is 0 Å². The Bertz CT molecular complexity index is 409. The minimum Gasteiger partial charge on any atom is -0.481 e. The maximum Gasteiger partial charge on any atom is 0.310 e. The first-order chi connectivity index (χ1) is 7.43. The summed E-state index contributed by atoms with van der Waals surface area (Å²) in [6.07, 6.45) is 3.95. The maximum atomic E-state index is 11.9. The normalized spacial score (nSPS) is 46.9. The van der Waals surface area contributed by atoms with E-state index in [1.807, 2.05) is 26.0 Å². The average Bonchev–Trinajstić information content (AvgIpc) is 2.67. The number of ether oxygens (including phenoxy) is 1. The standard InChI is InChI=1S/C12H14O4/c1-12(2)9-5-3-4-6(9)8(11(15)16-12)7(5)10(13)14/h3-9H,1-2H3,(H,13,14)/t5-,6-,7+,8-,9-/m1/s1. The molecule has 2 aliphatic carbocycles. The van der Waals surface area contributed by atoms with Gasteiger partial charge in [-0.2, -0.15) is 0 Å². The van der Waals surface area contributed by atoms with Crippen molar-refractivity contribution in [2.45, 2.75) is 19.4 Å². The second kappa shape index (κ2) is 2.67. The number of aliphatic carboxylic acids is 1. The van der Waals surface area contributed by atoms with Gasteiger partial charge in [0.05, 0.1) is 11.8 Å². The quantitative estimate of drug-likeness (QED) is 0.532. The molecule has 0 aromatic rings. The molecule has 86 valence electrons. The number of rotatable bonds is 1. The minimum atomic E-state index is -0.874. The highest BCUT2D eigenvalue weighted by Gasteiger charge is 2.66. The summed E-state index contributed by atoms with van der Waals surface area (Å²) in [7, 11) is 0. The summed E-state index contributed by atoms with van der Waals surface area (Å²) < 4.78 is 5.38. The van der Waals surface area contributed by atoms with Crippen LogP contribution >= 0.6 is 0 Å². The van der Waals surface area contributed by atoms with Gasteiger partial charge in [0.2, 0.25) is 0 Å². The molecule has 0 spiro atoms. The predicted molar refractivity (Wildman–Crippen MR) is 54.4 cm³/mol. The van der Waals surface area contributed by atoms with Crippen molar-refractivity contribution in [1.82, 2.24) is 0 Å². The Kier molecular flexibility index (Phi) is 1.65. The third kappa shape index (κ3) is 0.950. The van der Waals surface area contributed by atoms with Crippen LogP contribution in [0.3, 0.4) is 0 Å². The Hall–Kier alpha value is -1.32. The fourth-order valence-corrected chi connectivity index (χ4v) is 3.86. The van der Waals surface area contributed by atoms with E-state index < -0.39 is 23.4 Å². The number of esters is 1. The second-order valence-corrected chi connectivity index (χ2v) is 5.48. The molecule has 4 heteroatoms. The lowest BCUT2D eigenvalue weighted by Gasteiger charge is -2.39. The van der Waals surface area contributed by atoms with Gasteiger partial charge in [-0.1, -0.05) is 12.2 Å². The van der Waals surface area contributed by atoms with Crippen molar-refractivity contribution >= 4 is 11.9 Å². The molecule has 0 amide bonds. The van der Waals surface area contributed by atoms with E-state index in [-0.39, 0.29) is 23.7 Å². The van der Waals surface area contributed by atoms with E-state index in [9.17, 15) is 14.7 Å². The van der Waals surface area contributed by atoms with Gasteiger partial charge in [-0.3, -0.25) is 9.59 Å². The Labute approximate surface area is 93.3 Å². The van der Waals surface area contributed by atoms with E-state index in [0.29, 0.717) is 0 Å². The molecule has 16 heavy (non-hydrogen) atoms. The molecule has 0 radical (unpaired) electrons. The summed E-state index contributed by atoms with van der Waals surface area (Å²) in [4.78, 5) is 23.1. The van der Waals surface area contributed by atoms with Crippen molar-refractivity contribution in [3.8, 4) is 0 Å². The van der Waals surface area contributed by atoms with Crippen LogP contribution in [0.15, 0.2) is 12.2 Å². The number of carbonyl (C=O) groups excluding carboxylic acids is 1. The second-order valence-electron chi connectivity index (χ2n) is 5.48. The topological polar surface area (TPSA) is 63.6 Å². The molecule has 0 unspecified atom stereocenters. The van der Waals surface area contributed by atoms with Crippen molar-refractivity contribution in [3.05, 3.63) is 12.2 Å². The molecule has 1 saturated heterocycles. The van der Waals surface area contributed by atoms with Crippen LogP contribution in [-0.2, 0) is 14.3 Å². The number of hydrogen-bond acceptors (Lipinski definition) is 3. The molecule has 4 bridgehead atoms. The van der Waals surface area contributed by atoms with E-state index in [1.165, 1.54) is 0 Å². The number of hydrogen-bond donors (Lipinski definition) is 1. The molecular formula is C12H14O4. The fourth-order valence-electron chi connectivity index (χ4n) is 3.86. The van der Waals surface area contributed by atoms with Crippen molar-refractivity contribution in [2.75, 3.05) is 0 Å². The largest absolute Gasteiger partial charge is 0.481 e. The third-order valence-corrected chi connectivity index (χ3v) is 4.32. The zero-order chi connectivity index (χ0) is 11.7. The molecule has 1 saturated carbocycles. The van der Waals surface area contributed by atoms with Crippen molar-refractivity contribution < 1.29 is 19.4 Å². The van der Waals surface area contributed by atoms with Crippen LogP contribution in [0.25, 0.3) is 0 Å². The molecule has 4 nitrogen and oxygen atoms in total. The molecule has 1 heterocycles. The SMILES string of the molecule is CC1(C)OC(=O)[C@@H]2[C@H]3C=C[C@H]([C@@H]2C(=O)O)[C@H]31. The predicted octanol–water partition coefficient (Wildman–Crippen LogP) is 1.07. The highest BCUT2D eigenvalue weighted by molar-refractivity contribution is 5.85. The first kappa shape index (κ1) is 9.87. The maximum absolute atomic E-state index is 11.9. The van der Waals surface area contributed by atoms with Gasteiger partial charge >= 0.3 is 11.9 Å². The highest BCUT2D eigenvalue weighted by atomic mass is 16.6. The lowest BCUT2D eigenvalue weighted by molar-refractivity contribution is -0.179. The van der Waals surface area contributed by atoms with Gasteiger partial charge in [-0.25, -0.2) is 0 Å². The van der Waals surface area contributed by atoms with Gasteiger partial charge in [0, 0.05) is 5.92 Å². The molecule has 5 atom stereocenters. The van der Waals surface area contributed by atoms with Crippen LogP contribution in [0, 0.1) is 29.6 Å². The molecule has 2 fully saturated rings. The Morgan fingerprint density at radius 3 is 2.62 bits per heavy atom. The smallest absolute Gasteiger partial charge is 0.310 e. The van der Waals surface area contributed by atoms with Crippen LogP contribution in [0.4, 0.5) is 0 Å². The lowest BCUT2D eigenvalue weighted by atomic mass is 9.78. The number of carboxylic acids is 1. The van der Waals surface area contributed by atoms with E-state index in [0.717, 1.165) is 0 Å². The van der Waals surface area contributed by atoms with E-state index in [4.69, 9.17) is 4.74 Å². The zero-order valence-electron chi connectivity index (χ0n) is 9.21. The van der Waals surface area contributed by atoms with Crippen LogP contribution < -0.4 is 0 Å². The van der Waals surface area contributed by atoms with Crippen molar-refractivity contribution in [2.24, 2.45) is 29.6 Å². The first-order valence-corrected chi connectivity index (χ1v) is 5.57. The summed E-state index contributed by atoms with van der Waals surface area (Å²) in [5.74, 6) is -2.13. The lowest BCUT2D eigenvalue weighted by Crippen LogP contribution is -2.46. The van der Waals surface area contributed by atoms with Crippen LogP contribution in [0.5, 0.6) is 0 Å². The zero-order valence-corrected chi connectivity index (χ0v) is 9.21. The minimum absolute atomic E-state index is 0.0473. The molecule has 1 N–H and O–H groups in total. The number of carboxylic acid groups (broad SMARTS) is 1. The third-order valence-electron chi connectivity index (χ3n) is 4.32.